The Kier molecular flexibility index (Phi) is 6.51. The monoisotopic (exact) mass is 428 g/mol. The van der Waals surface area contributed by atoms with Gasteiger partial charge in [0, 0.05) is 18.2 Å². The highest BCUT2D eigenvalue weighted by atomic mass is 16.5. The fraction of sp³-hybridized carbons (Fsp3) is 0.154. The molecule has 0 N–H and O–H groups in total. The van der Waals surface area contributed by atoms with Crippen molar-refractivity contribution in [3.05, 3.63) is 102 Å². The van der Waals surface area contributed by atoms with Gasteiger partial charge in [-0.05, 0) is 35.9 Å². The molecular weight excluding hydrogens is 404 g/mol. The lowest BCUT2D eigenvalue weighted by molar-refractivity contribution is 0.0726. The maximum Gasteiger partial charge on any atom is 0.254 e. The molecule has 1 heterocycles. The van der Waals surface area contributed by atoms with Crippen LogP contribution in [0.3, 0.4) is 0 Å². The van der Waals surface area contributed by atoms with Gasteiger partial charge in [-0.3, -0.25) is 4.79 Å². The molecule has 0 atom stereocenters. The number of carbonyl (C=O) groups is 1. The van der Waals surface area contributed by atoms with Gasteiger partial charge in [-0.2, -0.15) is 0 Å². The number of aromatic nitrogens is 1. The van der Waals surface area contributed by atoms with Crippen LogP contribution in [0.2, 0.25) is 0 Å². The predicted octanol–water partition coefficient (Wildman–Crippen LogP) is 5.20. The van der Waals surface area contributed by atoms with Crippen molar-refractivity contribution in [1.82, 2.24) is 10.1 Å². The summed E-state index contributed by atoms with van der Waals surface area (Å²) in [6, 6.07) is 26.4. The molecule has 4 rings (SSSR count). The summed E-state index contributed by atoms with van der Waals surface area (Å²) in [5, 5.41) is 4.21. The summed E-state index contributed by atoms with van der Waals surface area (Å²) in [5.41, 5.74) is 3.03. The van der Waals surface area contributed by atoms with E-state index < -0.39 is 0 Å². The molecule has 32 heavy (non-hydrogen) atoms. The summed E-state index contributed by atoms with van der Waals surface area (Å²) >= 11 is 0. The first-order chi connectivity index (χ1) is 15.7. The van der Waals surface area contributed by atoms with E-state index in [2.05, 4.69) is 5.16 Å². The molecule has 0 aliphatic carbocycles. The number of amides is 1. The van der Waals surface area contributed by atoms with Crippen LogP contribution in [0.5, 0.6) is 11.5 Å². The summed E-state index contributed by atoms with van der Waals surface area (Å²) < 4.78 is 16.3. The normalized spacial score (nSPS) is 10.6. The number of nitrogens with zero attached hydrogens (tertiary/aromatic N) is 2. The van der Waals surface area contributed by atoms with Crippen LogP contribution in [0.4, 0.5) is 0 Å². The van der Waals surface area contributed by atoms with Gasteiger partial charge in [0.05, 0.1) is 26.3 Å². The average molecular weight is 428 g/mol. The van der Waals surface area contributed by atoms with Crippen molar-refractivity contribution in [2.45, 2.75) is 13.1 Å². The lowest BCUT2D eigenvalue weighted by Crippen LogP contribution is -2.30. The van der Waals surface area contributed by atoms with Gasteiger partial charge in [-0.25, -0.2) is 0 Å². The zero-order valence-electron chi connectivity index (χ0n) is 18.0. The first-order valence-corrected chi connectivity index (χ1v) is 10.2. The van der Waals surface area contributed by atoms with Gasteiger partial charge >= 0.3 is 0 Å². The van der Waals surface area contributed by atoms with Gasteiger partial charge in [0.2, 0.25) is 0 Å². The molecule has 0 saturated carbocycles. The Morgan fingerprint density at radius 1 is 0.875 bits per heavy atom. The first-order valence-electron chi connectivity index (χ1n) is 10.2. The number of hydrogen-bond donors (Lipinski definition) is 0. The molecule has 3 aromatic carbocycles. The summed E-state index contributed by atoms with van der Waals surface area (Å²) in [4.78, 5) is 15.1. The van der Waals surface area contributed by atoms with E-state index in [-0.39, 0.29) is 5.91 Å². The fourth-order valence-corrected chi connectivity index (χ4v) is 3.50. The molecule has 6 heteroatoms. The van der Waals surface area contributed by atoms with Gasteiger partial charge in [0.1, 0.15) is 17.2 Å². The number of carbonyl (C=O) groups excluding carboxylic acids is 1. The molecule has 0 radical (unpaired) electrons. The van der Waals surface area contributed by atoms with E-state index in [9.17, 15) is 4.79 Å². The summed E-state index contributed by atoms with van der Waals surface area (Å²) in [7, 11) is 3.20. The Labute approximate surface area is 187 Å². The molecule has 1 aromatic heterocycles. The van der Waals surface area contributed by atoms with Crippen LogP contribution in [0.15, 0.2) is 89.5 Å². The van der Waals surface area contributed by atoms with Crippen molar-refractivity contribution in [2.75, 3.05) is 14.2 Å². The van der Waals surface area contributed by atoms with Crippen LogP contribution in [-0.4, -0.2) is 30.2 Å². The maximum atomic E-state index is 13.4. The van der Waals surface area contributed by atoms with Crippen molar-refractivity contribution in [3.63, 3.8) is 0 Å². The van der Waals surface area contributed by atoms with E-state index in [0.717, 1.165) is 11.1 Å². The van der Waals surface area contributed by atoms with Crippen LogP contribution in [0.25, 0.3) is 11.3 Å². The third-order valence-electron chi connectivity index (χ3n) is 5.10. The number of para-hydroxylation sites is 1. The molecular formula is C26H24N2O4. The molecule has 0 saturated heterocycles. The minimum Gasteiger partial charge on any atom is -0.497 e. The Morgan fingerprint density at radius 3 is 2.44 bits per heavy atom. The van der Waals surface area contributed by atoms with Gasteiger partial charge in [0.15, 0.2) is 5.76 Å². The fourth-order valence-electron chi connectivity index (χ4n) is 3.50. The molecule has 0 aliphatic rings. The lowest BCUT2D eigenvalue weighted by atomic mass is 10.1. The lowest BCUT2D eigenvalue weighted by Gasteiger charge is -2.22. The van der Waals surface area contributed by atoms with Gasteiger partial charge in [-0.15, -0.1) is 0 Å². The third-order valence-corrected chi connectivity index (χ3v) is 5.10. The third kappa shape index (κ3) is 4.81. The highest BCUT2D eigenvalue weighted by Gasteiger charge is 2.20. The zero-order chi connectivity index (χ0) is 22.3. The van der Waals surface area contributed by atoms with E-state index in [0.29, 0.717) is 41.6 Å². The number of benzene rings is 3. The SMILES string of the molecule is COc1cccc(C(=O)N(Cc2ccccc2)Cc2cc(-c3ccccc3OC)on2)c1. The highest BCUT2D eigenvalue weighted by Crippen LogP contribution is 2.30. The topological polar surface area (TPSA) is 64.8 Å². The first kappa shape index (κ1) is 21.2. The Bertz CT molecular complexity index is 1190. The summed E-state index contributed by atoms with van der Waals surface area (Å²) in [5.74, 6) is 1.81. The van der Waals surface area contributed by atoms with Crippen molar-refractivity contribution < 1.29 is 18.8 Å². The Hall–Kier alpha value is -4.06. The average Bonchev–Trinajstić information content (AvgIpc) is 3.32. The zero-order valence-corrected chi connectivity index (χ0v) is 18.0. The second kappa shape index (κ2) is 9.83. The maximum absolute atomic E-state index is 13.4. The predicted molar refractivity (Wildman–Crippen MR) is 122 cm³/mol. The van der Waals surface area contributed by atoms with E-state index in [1.165, 1.54) is 0 Å². The minimum atomic E-state index is -0.116. The van der Waals surface area contributed by atoms with E-state index in [1.54, 1.807) is 31.3 Å². The van der Waals surface area contributed by atoms with Gasteiger partial charge < -0.3 is 18.9 Å². The molecule has 0 unspecified atom stereocenters. The standard InChI is InChI=1S/C26H24N2O4/c1-30-22-12-8-11-20(15-22)26(29)28(17-19-9-4-3-5-10-19)18-21-16-25(32-27-21)23-13-6-7-14-24(23)31-2/h3-16H,17-18H2,1-2H3. The molecule has 162 valence electrons. The van der Waals surface area contributed by atoms with Crippen molar-refractivity contribution >= 4 is 5.91 Å². The molecule has 0 aliphatic heterocycles. The van der Waals surface area contributed by atoms with Crippen LogP contribution in [0.1, 0.15) is 21.6 Å². The van der Waals surface area contributed by atoms with Crippen LogP contribution >= 0.6 is 0 Å². The van der Waals surface area contributed by atoms with Crippen molar-refractivity contribution in [2.24, 2.45) is 0 Å². The second-order valence-corrected chi connectivity index (χ2v) is 7.26. The molecule has 0 bridgehead atoms. The van der Waals surface area contributed by atoms with E-state index >= 15 is 0 Å². The number of rotatable bonds is 8. The number of methoxy groups -OCH3 is 2. The van der Waals surface area contributed by atoms with Gasteiger partial charge in [-0.1, -0.05) is 53.7 Å². The summed E-state index contributed by atoms with van der Waals surface area (Å²) in [6.07, 6.45) is 0. The molecule has 0 fully saturated rings. The highest BCUT2D eigenvalue weighted by molar-refractivity contribution is 5.94. The summed E-state index contributed by atoms with van der Waals surface area (Å²) in [6.45, 7) is 0.733. The largest absolute Gasteiger partial charge is 0.497 e. The molecule has 4 aromatic rings. The van der Waals surface area contributed by atoms with Crippen LogP contribution < -0.4 is 9.47 Å². The van der Waals surface area contributed by atoms with Crippen molar-refractivity contribution in [3.8, 4) is 22.8 Å². The van der Waals surface area contributed by atoms with Crippen molar-refractivity contribution in [1.29, 1.82) is 0 Å². The molecule has 1 amide bonds. The van der Waals surface area contributed by atoms with Gasteiger partial charge in [0.25, 0.3) is 5.91 Å². The van der Waals surface area contributed by atoms with E-state index in [4.69, 9.17) is 14.0 Å². The number of ether oxygens (including phenoxy) is 2. The smallest absolute Gasteiger partial charge is 0.254 e. The number of hydrogen-bond acceptors (Lipinski definition) is 5. The van der Waals surface area contributed by atoms with E-state index in [1.807, 2.05) is 72.8 Å². The Balaban J connectivity index is 1.62. The van der Waals surface area contributed by atoms with Crippen LogP contribution in [-0.2, 0) is 13.1 Å². The van der Waals surface area contributed by atoms with Crippen LogP contribution in [0, 0.1) is 0 Å². The Morgan fingerprint density at radius 2 is 1.66 bits per heavy atom. The second-order valence-electron chi connectivity index (χ2n) is 7.26. The molecule has 6 nitrogen and oxygen atoms in total. The minimum absolute atomic E-state index is 0.116. The quantitative estimate of drug-likeness (QED) is 0.386. The molecule has 0 spiro atoms.